The smallest absolute Gasteiger partial charge is 0.227 e. The number of amides is 2. The highest BCUT2D eigenvalue weighted by Gasteiger charge is 2.22. The van der Waals surface area contributed by atoms with Gasteiger partial charge >= 0.3 is 0 Å². The van der Waals surface area contributed by atoms with Crippen molar-refractivity contribution in [1.82, 2.24) is 10.6 Å². The number of hydrogen-bond donors (Lipinski definition) is 2. The van der Waals surface area contributed by atoms with Gasteiger partial charge in [0.05, 0.1) is 12.8 Å². The van der Waals surface area contributed by atoms with Gasteiger partial charge in [0.25, 0.3) is 0 Å². The molecule has 23 heavy (non-hydrogen) atoms. The fourth-order valence-corrected chi connectivity index (χ4v) is 2.49. The monoisotopic (exact) mass is 326 g/mol. The second kappa shape index (κ2) is 10.1. The van der Waals surface area contributed by atoms with Crippen LogP contribution >= 0.6 is 0 Å². The van der Waals surface area contributed by atoms with Gasteiger partial charge in [0, 0.05) is 13.1 Å². The maximum absolute atomic E-state index is 11.5. The summed E-state index contributed by atoms with van der Waals surface area (Å²) in [6, 6.07) is 0. The quantitative estimate of drug-likeness (QED) is 0.564. The molecule has 0 saturated carbocycles. The summed E-state index contributed by atoms with van der Waals surface area (Å²) < 4.78 is 0. The molecule has 0 aliphatic carbocycles. The minimum absolute atomic E-state index is 0.0674. The van der Waals surface area contributed by atoms with Gasteiger partial charge in [-0.3, -0.25) is 19.2 Å². The van der Waals surface area contributed by atoms with E-state index in [0.29, 0.717) is 19.0 Å². The molecule has 132 valence electrons. The van der Waals surface area contributed by atoms with E-state index >= 15 is 0 Å². The Labute approximate surface area is 138 Å². The van der Waals surface area contributed by atoms with Crippen molar-refractivity contribution in [3.05, 3.63) is 0 Å². The van der Waals surface area contributed by atoms with Gasteiger partial charge in [-0.25, -0.2) is 0 Å². The van der Waals surface area contributed by atoms with Gasteiger partial charge in [-0.2, -0.15) is 0 Å². The fourth-order valence-electron chi connectivity index (χ4n) is 2.49. The first kappa shape index (κ1) is 21.3. The van der Waals surface area contributed by atoms with E-state index in [1.807, 2.05) is 0 Å². The van der Waals surface area contributed by atoms with Crippen LogP contribution in [0.3, 0.4) is 0 Å². The van der Waals surface area contributed by atoms with Crippen LogP contribution in [0.1, 0.15) is 60.3 Å². The highest BCUT2D eigenvalue weighted by Crippen LogP contribution is 2.26. The van der Waals surface area contributed by atoms with Gasteiger partial charge in [-0.1, -0.05) is 20.8 Å². The molecule has 0 aromatic heterocycles. The zero-order valence-electron chi connectivity index (χ0n) is 15.0. The number of carbonyl (C=O) groups excluding carboxylic acids is 4. The topological polar surface area (TPSA) is 92.3 Å². The molecule has 0 radical (unpaired) electrons. The zero-order chi connectivity index (χ0) is 18.0. The van der Waals surface area contributed by atoms with Crippen LogP contribution in [-0.4, -0.2) is 36.5 Å². The molecule has 0 aliphatic rings. The molecule has 0 fully saturated rings. The summed E-state index contributed by atoms with van der Waals surface area (Å²) >= 11 is 0. The number of hydrogen-bond acceptors (Lipinski definition) is 4. The van der Waals surface area contributed by atoms with Gasteiger partial charge in [0.1, 0.15) is 11.6 Å². The zero-order valence-corrected chi connectivity index (χ0v) is 15.0. The Morgan fingerprint density at radius 1 is 0.913 bits per heavy atom. The lowest BCUT2D eigenvalue weighted by atomic mass is 9.82. The van der Waals surface area contributed by atoms with Gasteiger partial charge < -0.3 is 10.6 Å². The predicted molar refractivity (Wildman–Crippen MR) is 88.8 cm³/mol. The first-order valence-corrected chi connectivity index (χ1v) is 8.04. The molecule has 0 heterocycles. The van der Waals surface area contributed by atoms with E-state index in [0.717, 1.165) is 12.8 Å². The standard InChI is InChI=1S/C17H30N2O4/c1-12(6-7-18-15(22)8-13(2)20)10-17(4,5)11-19-16(23)9-14(3)21/h12H,6-11H2,1-5H3,(H,18,22)(H,19,23). The second-order valence-corrected chi connectivity index (χ2v) is 7.15. The molecule has 0 aromatic carbocycles. The molecule has 1 unspecified atom stereocenters. The van der Waals surface area contributed by atoms with Crippen molar-refractivity contribution in [2.75, 3.05) is 13.1 Å². The lowest BCUT2D eigenvalue weighted by molar-refractivity contribution is -0.129. The van der Waals surface area contributed by atoms with Crippen LogP contribution in [0.15, 0.2) is 0 Å². The Balaban J connectivity index is 4.04. The molecule has 6 nitrogen and oxygen atoms in total. The first-order chi connectivity index (χ1) is 10.5. The first-order valence-electron chi connectivity index (χ1n) is 8.04. The lowest BCUT2D eigenvalue weighted by Crippen LogP contribution is -2.36. The molecule has 0 saturated heterocycles. The second-order valence-electron chi connectivity index (χ2n) is 7.15. The number of carbonyl (C=O) groups is 4. The van der Waals surface area contributed by atoms with Crippen molar-refractivity contribution in [3.8, 4) is 0 Å². The number of nitrogens with one attached hydrogen (secondary N) is 2. The third-order valence-corrected chi connectivity index (χ3v) is 3.44. The summed E-state index contributed by atoms with van der Waals surface area (Å²) in [7, 11) is 0. The predicted octanol–water partition coefficient (Wildman–Crippen LogP) is 1.62. The third-order valence-electron chi connectivity index (χ3n) is 3.44. The van der Waals surface area contributed by atoms with Crippen LogP contribution in [0.5, 0.6) is 0 Å². The highest BCUT2D eigenvalue weighted by atomic mass is 16.2. The summed E-state index contributed by atoms with van der Waals surface area (Å²) in [5.41, 5.74) is -0.0880. The van der Waals surface area contributed by atoms with Crippen molar-refractivity contribution in [1.29, 1.82) is 0 Å². The van der Waals surface area contributed by atoms with Crippen molar-refractivity contribution >= 4 is 23.4 Å². The van der Waals surface area contributed by atoms with Gasteiger partial charge in [-0.15, -0.1) is 0 Å². The Morgan fingerprint density at radius 3 is 1.87 bits per heavy atom. The van der Waals surface area contributed by atoms with Crippen molar-refractivity contribution in [2.24, 2.45) is 11.3 Å². The molecule has 2 N–H and O–H groups in total. The van der Waals surface area contributed by atoms with E-state index in [9.17, 15) is 19.2 Å². The molecular formula is C17H30N2O4. The van der Waals surface area contributed by atoms with Crippen LogP contribution in [0.25, 0.3) is 0 Å². The molecule has 0 bridgehead atoms. The van der Waals surface area contributed by atoms with E-state index < -0.39 is 0 Å². The molecule has 0 spiro atoms. The number of rotatable bonds is 11. The molecule has 2 amide bonds. The number of Topliss-reactive ketones (excluding diaryl/α,β-unsaturated/α-hetero) is 2. The van der Waals surface area contributed by atoms with Gasteiger partial charge in [0.2, 0.25) is 11.8 Å². The molecular weight excluding hydrogens is 296 g/mol. The van der Waals surface area contributed by atoms with E-state index in [1.54, 1.807) is 0 Å². The van der Waals surface area contributed by atoms with E-state index in [-0.39, 0.29) is 41.6 Å². The SMILES string of the molecule is CC(=O)CC(=O)NCCC(C)CC(C)(C)CNC(=O)CC(C)=O. The minimum Gasteiger partial charge on any atom is -0.356 e. The minimum atomic E-state index is -0.241. The molecule has 6 heteroatoms. The summed E-state index contributed by atoms with van der Waals surface area (Å²) in [6.45, 7) is 10.1. The van der Waals surface area contributed by atoms with Crippen molar-refractivity contribution in [3.63, 3.8) is 0 Å². The van der Waals surface area contributed by atoms with Crippen LogP contribution in [-0.2, 0) is 19.2 Å². The largest absolute Gasteiger partial charge is 0.356 e. The van der Waals surface area contributed by atoms with Gasteiger partial charge in [0.15, 0.2) is 0 Å². The van der Waals surface area contributed by atoms with Crippen molar-refractivity contribution in [2.45, 2.75) is 60.3 Å². The Kier molecular flexibility index (Phi) is 9.37. The van der Waals surface area contributed by atoms with Gasteiger partial charge in [-0.05, 0) is 38.0 Å². The third kappa shape index (κ3) is 12.5. The fraction of sp³-hybridized carbons (Fsp3) is 0.765. The summed E-state index contributed by atoms with van der Waals surface area (Å²) in [5, 5.41) is 5.52. The van der Waals surface area contributed by atoms with Crippen molar-refractivity contribution < 1.29 is 19.2 Å². The molecule has 1 atom stereocenters. The normalized spacial score (nSPS) is 12.4. The molecule has 0 aliphatic heterocycles. The average Bonchev–Trinajstić information content (AvgIpc) is 2.34. The Hall–Kier alpha value is -1.72. The van der Waals surface area contributed by atoms with E-state index in [1.165, 1.54) is 13.8 Å². The molecule has 0 rings (SSSR count). The van der Waals surface area contributed by atoms with E-state index in [2.05, 4.69) is 31.4 Å². The highest BCUT2D eigenvalue weighted by molar-refractivity contribution is 5.97. The summed E-state index contributed by atoms with van der Waals surface area (Å²) in [5.74, 6) is -0.393. The lowest BCUT2D eigenvalue weighted by Gasteiger charge is -2.28. The maximum atomic E-state index is 11.5. The summed E-state index contributed by atoms with van der Waals surface area (Å²) in [6.07, 6.45) is 1.56. The van der Waals surface area contributed by atoms with Crippen LogP contribution in [0, 0.1) is 11.3 Å². The van der Waals surface area contributed by atoms with Crippen LogP contribution < -0.4 is 10.6 Å². The maximum Gasteiger partial charge on any atom is 0.227 e. The Morgan fingerprint density at radius 2 is 1.39 bits per heavy atom. The molecule has 0 aromatic rings. The average molecular weight is 326 g/mol. The van der Waals surface area contributed by atoms with Crippen LogP contribution in [0.4, 0.5) is 0 Å². The summed E-state index contributed by atoms with van der Waals surface area (Å²) in [4.78, 5) is 44.6. The van der Waals surface area contributed by atoms with Crippen LogP contribution in [0.2, 0.25) is 0 Å². The Bertz CT molecular complexity index is 444. The van der Waals surface area contributed by atoms with E-state index in [4.69, 9.17) is 0 Å². The number of ketones is 2.